The fourth-order valence-electron chi connectivity index (χ4n) is 2.57. The van der Waals surface area contributed by atoms with Gasteiger partial charge in [0.05, 0.1) is 5.69 Å². The van der Waals surface area contributed by atoms with Gasteiger partial charge in [0.2, 0.25) is 5.95 Å². The monoisotopic (exact) mass is 384 g/mol. The van der Waals surface area contributed by atoms with Crippen molar-refractivity contribution >= 4 is 23.2 Å². The van der Waals surface area contributed by atoms with Crippen molar-refractivity contribution in [2.45, 2.75) is 0 Å². The molecule has 0 saturated heterocycles. The first kappa shape index (κ1) is 17.7. The van der Waals surface area contributed by atoms with Crippen LogP contribution in [0.1, 0.15) is 10.5 Å². The van der Waals surface area contributed by atoms with Gasteiger partial charge in [0, 0.05) is 24.0 Å². The van der Waals surface area contributed by atoms with Crippen LogP contribution in [0, 0.1) is 11.6 Å². The maximum Gasteiger partial charge on any atom is 0.274 e. The second-order valence-electron chi connectivity index (χ2n) is 5.83. The van der Waals surface area contributed by atoms with E-state index in [0.29, 0.717) is 30.4 Å². The lowest BCUT2D eigenvalue weighted by molar-refractivity contribution is 0.102. The number of nitrogens with zero attached hydrogens (tertiary/aromatic N) is 2. The lowest BCUT2D eigenvalue weighted by Crippen LogP contribution is -2.17. The molecule has 28 heavy (non-hydrogen) atoms. The SMILES string of the molecule is O=C(Nc1ccc2c(c1)OCCO2)c1ccnc(Nc2ccc(F)cc2F)n1. The van der Waals surface area contributed by atoms with E-state index in [9.17, 15) is 13.6 Å². The van der Waals surface area contributed by atoms with Crippen molar-refractivity contribution in [1.29, 1.82) is 0 Å². The van der Waals surface area contributed by atoms with Crippen LogP contribution >= 0.6 is 0 Å². The Balaban J connectivity index is 1.50. The second-order valence-corrected chi connectivity index (χ2v) is 5.83. The van der Waals surface area contributed by atoms with E-state index in [1.807, 2.05) is 0 Å². The minimum absolute atomic E-state index is 0.000308. The number of hydrogen-bond acceptors (Lipinski definition) is 6. The average molecular weight is 384 g/mol. The molecule has 0 unspecified atom stereocenters. The zero-order valence-electron chi connectivity index (χ0n) is 14.4. The summed E-state index contributed by atoms with van der Waals surface area (Å²) in [5, 5.41) is 5.32. The summed E-state index contributed by atoms with van der Waals surface area (Å²) in [6.07, 6.45) is 1.36. The van der Waals surface area contributed by atoms with Crippen molar-refractivity contribution in [2.24, 2.45) is 0 Å². The van der Waals surface area contributed by atoms with Crippen LogP contribution < -0.4 is 20.1 Å². The topological polar surface area (TPSA) is 85.4 Å². The Labute approximate surface area is 158 Å². The van der Waals surface area contributed by atoms with Crippen LogP contribution in [0.25, 0.3) is 0 Å². The van der Waals surface area contributed by atoms with Crippen molar-refractivity contribution in [3.8, 4) is 11.5 Å². The van der Waals surface area contributed by atoms with Gasteiger partial charge in [-0.25, -0.2) is 18.7 Å². The second kappa shape index (κ2) is 7.47. The summed E-state index contributed by atoms with van der Waals surface area (Å²) < 4.78 is 37.7. The molecule has 7 nitrogen and oxygen atoms in total. The molecule has 9 heteroatoms. The van der Waals surface area contributed by atoms with Crippen molar-refractivity contribution in [2.75, 3.05) is 23.8 Å². The lowest BCUT2D eigenvalue weighted by Gasteiger charge is -2.19. The van der Waals surface area contributed by atoms with Gasteiger partial charge in [0.15, 0.2) is 11.5 Å². The fraction of sp³-hybridized carbons (Fsp3) is 0.105. The summed E-state index contributed by atoms with van der Waals surface area (Å²) in [4.78, 5) is 20.5. The summed E-state index contributed by atoms with van der Waals surface area (Å²) >= 11 is 0. The summed E-state index contributed by atoms with van der Waals surface area (Å²) in [6.45, 7) is 0.912. The first-order valence-electron chi connectivity index (χ1n) is 8.34. The van der Waals surface area contributed by atoms with E-state index in [1.54, 1.807) is 18.2 Å². The van der Waals surface area contributed by atoms with Crippen molar-refractivity contribution in [3.05, 3.63) is 66.0 Å². The van der Waals surface area contributed by atoms with Crippen molar-refractivity contribution in [1.82, 2.24) is 9.97 Å². The zero-order valence-corrected chi connectivity index (χ0v) is 14.4. The summed E-state index contributed by atoms with van der Waals surface area (Å²) in [6, 6.07) is 9.51. The molecule has 2 N–H and O–H groups in total. The number of halogens is 2. The molecule has 1 aromatic heterocycles. The number of hydrogen-bond donors (Lipinski definition) is 2. The number of nitrogens with one attached hydrogen (secondary N) is 2. The predicted molar refractivity (Wildman–Crippen MR) is 97.1 cm³/mol. The van der Waals surface area contributed by atoms with E-state index in [-0.39, 0.29) is 17.3 Å². The van der Waals surface area contributed by atoms with Crippen LogP contribution in [0.15, 0.2) is 48.7 Å². The van der Waals surface area contributed by atoms with Gasteiger partial charge in [-0.05, 0) is 30.3 Å². The van der Waals surface area contributed by atoms with Gasteiger partial charge in [-0.1, -0.05) is 0 Å². The van der Waals surface area contributed by atoms with Gasteiger partial charge in [0.1, 0.15) is 30.5 Å². The maximum absolute atomic E-state index is 13.8. The third-order valence-corrected chi connectivity index (χ3v) is 3.87. The van der Waals surface area contributed by atoms with Crippen LogP contribution in [0.4, 0.5) is 26.1 Å². The molecule has 1 aliphatic rings. The minimum Gasteiger partial charge on any atom is -0.486 e. The van der Waals surface area contributed by atoms with Gasteiger partial charge in [-0.2, -0.15) is 0 Å². The molecule has 1 aliphatic heterocycles. The number of amides is 1. The number of benzene rings is 2. The Morgan fingerprint density at radius 1 is 1.00 bits per heavy atom. The molecule has 0 atom stereocenters. The standard InChI is InChI=1S/C19H14F2N4O3/c20-11-1-3-14(13(21)9-11)24-19-22-6-5-15(25-19)18(26)23-12-2-4-16-17(10-12)28-8-7-27-16/h1-6,9-10H,7-8H2,(H,23,26)(H,22,24,25). The van der Waals surface area contributed by atoms with Gasteiger partial charge < -0.3 is 20.1 Å². The van der Waals surface area contributed by atoms with Crippen LogP contribution in [0.5, 0.6) is 11.5 Å². The normalized spacial score (nSPS) is 12.4. The Bertz CT molecular complexity index is 1050. The summed E-state index contributed by atoms with van der Waals surface area (Å²) in [5.74, 6) is -0.826. The highest BCUT2D eigenvalue weighted by atomic mass is 19.1. The highest BCUT2D eigenvalue weighted by Gasteiger charge is 2.15. The van der Waals surface area contributed by atoms with Crippen LogP contribution in [0.2, 0.25) is 0 Å². The average Bonchev–Trinajstić information content (AvgIpc) is 2.70. The van der Waals surface area contributed by atoms with E-state index in [0.717, 1.165) is 12.1 Å². The molecule has 0 saturated carbocycles. The molecular formula is C19H14F2N4O3. The van der Waals surface area contributed by atoms with Crippen LogP contribution in [-0.4, -0.2) is 29.1 Å². The number of carbonyl (C=O) groups is 1. The quantitative estimate of drug-likeness (QED) is 0.716. The first-order chi connectivity index (χ1) is 13.6. The van der Waals surface area contributed by atoms with Gasteiger partial charge in [-0.3, -0.25) is 4.79 Å². The number of rotatable bonds is 4. The number of aromatic nitrogens is 2. The lowest BCUT2D eigenvalue weighted by atomic mass is 10.2. The van der Waals surface area contributed by atoms with E-state index in [1.165, 1.54) is 18.3 Å². The van der Waals surface area contributed by atoms with E-state index in [4.69, 9.17) is 9.47 Å². The summed E-state index contributed by atoms with van der Waals surface area (Å²) in [5.41, 5.74) is 0.563. The molecular weight excluding hydrogens is 370 g/mol. The fourth-order valence-corrected chi connectivity index (χ4v) is 2.57. The molecule has 4 rings (SSSR count). The van der Waals surface area contributed by atoms with Crippen LogP contribution in [-0.2, 0) is 0 Å². The van der Waals surface area contributed by atoms with Crippen LogP contribution in [0.3, 0.4) is 0 Å². The number of carbonyl (C=O) groups excluding carboxylic acids is 1. The molecule has 0 fully saturated rings. The van der Waals surface area contributed by atoms with Crippen molar-refractivity contribution < 1.29 is 23.0 Å². The molecule has 0 radical (unpaired) electrons. The highest BCUT2D eigenvalue weighted by molar-refractivity contribution is 6.03. The number of fused-ring (bicyclic) bond motifs is 1. The molecule has 3 aromatic rings. The molecule has 1 amide bonds. The minimum atomic E-state index is -0.797. The third-order valence-electron chi connectivity index (χ3n) is 3.87. The number of ether oxygens (including phenoxy) is 2. The zero-order chi connectivity index (χ0) is 19.5. The Kier molecular flexibility index (Phi) is 4.71. The Morgan fingerprint density at radius 2 is 1.82 bits per heavy atom. The Hall–Kier alpha value is -3.75. The molecule has 142 valence electrons. The highest BCUT2D eigenvalue weighted by Crippen LogP contribution is 2.32. The smallest absolute Gasteiger partial charge is 0.274 e. The van der Waals surface area contributed by atoms with Gasteiger partial charge >= 0.3 is 0 Å². The van der Waals surface area contributed by atoms with Gasteiger partial charge in [0.25, 0.3) is 5.91 Å². The molecule has 0 bridgehead atoms. The van der Waals surface area contributed by atoms with E-state index in [2.05, 4.69) is 20.6 Å². The maximum atomic E-state index is 13.8. The predicted octanol–water partition coefficient (Wildman–Crippen LogP) is 3.52. The summed E-state index contributed by atoms with van der Waals surface area (Å²) in [7, 11) is 0. The molecule has 2 aromatic carbocycles. The van der Waals surface area contributed by atoms with Gasteiger partial charge in [-0.15, -0.1) is 0 Å². The van der Waals surface area contributed by atoms with E-state index >= 15 is 0 Å². The number of anilines is 3. The van der Waals surface area contributed by atoms with E-state index < -0.39 is 17.5 Å². The molecule has 0 aliphatic carbocycles. The molecule has 2 heterocycles. The molecule has 0 spiro atoms. The van der Waals surface area contributed by atoms with Crippen molar-refractivity contribution in [3.63, 3.8) is 0 Å². The Morgan fingerprint density at radius 3 is 2.64 bits per heavy atom. The first-order valence-corrected chi connectivity index (χ1v) is 8.34. The third kappa shape index (κ3) is 3.83. The largest absolute Gasteiger partial charge is 0.486 e.